The Bertz CT molecular complexity index is 235. The second-order valence-corrected chi connectivity index (χ2v) is 5.70. The van der Waals surface area contributed by atoms with Gasteiger partial charge < -0.3 is 5.73 Å². The number of hydrogen-bond donors (Lipinski definition) is 1. The van der Waals surface area contributed by atoms with Crippen LogP contribution in [0.25, 0.3) is 0 Å². The van der Waals surface area contributed by atoms with Crippen LogP contribution in [0.2, 0.25) is 0 Å². The molecule has 0 radical (unpaired) electrons. The highest BCUT2D eigenvalue weighted by molar-refractivity contribution is 5.91. The smallest absolute Gasteiger partial charge is 0.244 e. The van der Waals surface area contributed by atoms with E-state index in [2.05, 4.69) is 27.7 Å². The number of carbonyl (C=O) groups is 1. The summed E-state index contributed by atoms with van der Waals surface area (Å²) in [6, 6.07) is 0. The third-order valence-corrected chi connectivity index (χ3v) is 2.46. The van der Waals surface area contributed by atoms with Gasteiger partial charge in [-0.05, 0) is 37.5 Å². The summed E-state index contributed by atoms with van der Waals surface area (Å²) in [6.45, 7) is 10.8. The second-order valence-electron chi connectivity index (χ2n) is 5.70. The Labute approximate surface area is 93.9 Å². The number of nitrogens with two attached hydrogens (primary N) is 1. The molecule has 0 spiro atoms. The number of allylic oxidation sites excluding steroid dienone is 1. The quantitative estimate of drug-likeness (QED) is 0.697. The minimum Gasteiger partial charge on any atom is -0.366 e. The van der Waals surface area contributed by atoms with Gasteiger partial charge in [0.25, 0.3) is 0 Å². The van der Waals surface area contributed by atoms with E-state index in [-0.39, 0.29) is 5.91 Å². The molecule has 0 saturated heterocycles. The van der Waals surface area contributed by atoms with Crippen molar-refractivity contribution in [1.82, 2.24) is 0 Å². The minimum absolute atomic E-state index is 0.307. The van der Waals surface area contributed by atoms with Crippen molar-refractivity contribution in [1.29, 1.82) is 0 Å². The number of rotatable bonds is 5. The van der Waals surface area contributed by atoms with E-state index in [9.17, 15) is 4.79 Å². The lowest BCUT2D eigenvalue weighted by Gasteiger charge is -2.22. The molecule has 0 aromatic heterocycles. The first-order chi connectivity index (χ1) is 6.72. The van der Waals surface area contributed by atoms with Crippen molar-refractivity contribution >= 4 is 5.91 Å². The fourth-order valence-electron chi connectivity index (χ4n) is 1.83. The fraction of sp³-hybridized carbons (Fsp3) is 0.769. The summed E-state index contributed by atoms with van der Waals surface area (Å²) in [5.74, 6) is 0.389. The summed E-state index contributed by atoms with van der Waals surface area (Å²) in [7, 11) is 0. The molecule has 1 amide bonds. The monoisotopic (exact) mass is 211 g/mol. The van der Waals surface area contributed by atoms with Crippen LogP contribution < -0.4 is 5.73 Å². The number of hydrogen-bond acceptors (Lipinski definition) is 1. The maximum absolute atomic E-state index is 10.8. The van der Waals surface area contributed by atoms with Gasteiger partial charge in [-0.1, -0.05) is 33.8 Å². The molecule has 0 aromatic carbocycles. The van der Waals surface area contributed by atoms with Crippen molar-refractivity contribution < 1.29 is 4.79 Å². The predicted octanol–water partition coefficient (Wildman–Crippen LogP) is 3.27. The fourth-order valence-corrected chi connectivity index (χ4v) is 1.83. The third kappa shape index (κ3) is 8.22. The Morgan fingerprint density at radius 2 is 1.93 bits per heavy atom. The first-order valence-electron chi connectivity index (χ1n) is 5.69. The lowest BCUT2D eigenvalue weighted by atomic mass is 9.83. The highest BCUT2D eigenvalue weighted by Gasteiger charge is 2.14. The number of amides is 1. The molecular formula is C13H25NO. The predicted molar refractivity (Wildman–Crippen MR) is 65.4 cm³/mol. The largest absolute Gasteiger partial charge is 0.366 e. The average Bonchev–Trinajstić information content (AvgIpc) is 2.00. The van der Waals surface area contributed by atoms with Gasteiger partial charge in [0.2, 0.25) is 5.91 Å². The lowest BCUT2D eigenvalue weighted by molar-refractivity contribution is -0.114. The van der Waals surface area contributed by atoms with Crippen LogP contribution in [-0.2, 0) is 4.79 Å². The Balaban J connectivity index is 3.87. The molecule has 0 bridgehead atoms. The van der Waals surface area contributed by atoms with Gasteiger partial charge in [-0.25, -0.2) is 0 Å². The molecule has 0 saturated carbocycles. The molecule has 2 heteroatoms. The van der Waals surface area contributed by atoms with Gasteiger partial charge in [0, 0.05) is 5.57 Å². The summed E-state index contributed by atoms with van der Waals surface area (Å²) in [4.78, 5) is 10.8. The van der Waals surface area contributed by atoms with Crippen LogP contribution in [0.15, 0.2) is 11.6 Å². The molecule has 0 rings (SSSR count). The lowest BCUT2D eigenvalue weighted by Crippen LogP contribution is -2.12. The molecule has 0 aliphatic rings. The summed E-state index contributed by atoms with van der Waals surface area (Å²) >= 11 is 0. The third-order valence-electron chi connectivity index (χ3n) is 2.46. The normalized spacial score (nSPS) is 15.1. The molecule has 15 heavy (non-hydrogen) atoms. The zero-order valence-electron chi connectivity index (χ0n) is 10.8. The number of carbonyl (C=O) groups excluding carboxylic acids is 1. The van der Waals surface area contributed by atoms with Crippen LogP contribution >= 0.6 is 0 Å². The summed E-state index contributed by atoms with van der Waals surface area (Å²) in [5.41, 5.74) is 6.22. The highest BCUT2D eigenvalue weighted by Crippen LogP contribution is 2.26. The van der Waals surface area contributed by atoms with Crippen molar-refractivity contribution in [3.8, 4) is 0 Å². The minimum atomic E-state index is -0.307. The zero-order chi connectivity index (χ0) is 12.1. The van der Waals surface area contributed by atoms with E-state index >= 15 is 0 Å². The molecule has 2 nitrogen and oxygen atoms in total. The van der Waals surface area contributed by atoms with Crippen molar-refractivity contribution in [3.05, 3.63) is 11.6 Å². The van der Waals surface area contributed by atoms with Crippen LogP contribution in [0, 0.1) is 11.3 Å². The van der Waals surface area contributed by atoms with Gasteiger partial charge in [0.1, 0.15) is 0 Å². The van der Waals surface area contributed by atoms with Crippen molar-refractivity contribution in [2.75, 3.05) is 0 Å². The second kappa shape index (κ2) is 5.94. The summed E-state index contributed by atoms with van der Waals surface area (Å²) in [6.07, 6.45) is 5.24. The highest BCUT2D eigenvalue weighted by atomic mass is 16.1. The van der Waals surface area contributed by atoms with Gasteiger partial charge in [-0.2, -0.15) is 0 Å². The Hall–Kier alpha value is -0.790. The van der Waals surface area contributed by atoms with E-state index in [1.165, 1.54) is 6.42 Å². The van der Waals surface area contributed by atoms with Gasteiger partial charge in [-0.3, -0.25) is 4.79 Å². The molecule has 0 aromatic rings. The first kappa shape index (κ1) is 14.2. The maximum atomic E-state index is 10.8. The van der Waals surface area contributed by atoms with Gasteiger partial charge in [0.05, 0.1) is 0 Å². The topological polar surface area (TPSA) is 43.1 Å². The molecule has 88 valence electrons. The first-order valence-corrected chi connectivity index (χ1v) is 5.69. The van der Waals surface area contributed by atoms with Crippen LogP contribution in [0.1, 0.15) is 53.9 Å². The number of primary amides is 1. The van der Waals surface area contributed by atoms with E-state index in [1.807, 2.05) is 6.08 Å². The molecule has 2 N–H and O–H groups in total. The van der Waals surface area contributed by atoms with E-state index < -0.39 is 0 Å². The molecule has 0 fully saturated rings. The van der Waals surface area contributed by atoms with Crippen LogP contribution in [0.3, 0.4) is 0 Å². The summed E-state index contributed by atoms with van der Waals surface area (Å²) < 4.78 is 0. The van der Waals surface area contributed by atoms with Gasteiger partial charge in [0.15, 0.2) is 0 Å². The standard InChI is InChI=1S/C13H25NO/c1-10(9-13(3,4)5)7-6-8-11(2)12(14)15/h8,10H,6-7,9H2,1-5H3,(H2,14,15). The van der Waals surface area contributed by atoms with E-state index in [0.717, 1.165) is 12.8 Å². The van der Waals surface area contributed by atoms with Gasteiger partial charge >= 0.3 is 0 Å². The van der Waals surface area contributed by atoms with Crippen molar-refractivity contribution in [2.45, 2.75) is 53.9 Å². The SMILES string of the molecule is CC(=CCCC(C)CC(C)(C)C)C(N)=O. The molecule has 0 aliphatic heterocycles. The van der Waals surface area contributed by atoms with Crippen molar-refractivity contribution in [2.24, 2.45) is 17.1 Å². The van der Waals surface area contributed by atoms with E-state index in [1.54, 1.807) is 6.92 Å². The molecule has 0 aliphatic carbocycles. The van der Waals surface area contributed by atoms with Crippen molar-refractivity contribution in [3.63, 3.8) is 0 Å². The maximum Gasteiger partial charge on any atom is 0.244 e. The Kier molecular flexibility index (Phi) is 5.63. The van der Waals surface area contributed by atoms with Crippen LogP contribution in [0.5, 0.6) is 0 Å². The molecule has 1 unspecified atom stereocenters. The Morgan fingerprint density at radius 3 is 2.33 bits per heavy atom. The summed E-state index contributed by atoms with van der Waals surface area (Å²) in [5, 5.41) is 0. The van der Waals surface area contributed by atoms with E-state index in [4.69, 9.17) is 5.73 Å². The van der Waals surface area contributed by atoms with Crippen LogP contribution in [-0.4, -0.2) is 5.91 Å². The van der Waals surface area contributed by atoms with Crippen LogP contribution in [0.4, 0.5) is 0 Å². The molecule has 1 atom stereocenters. The Morgan fingerprint density at radius 1 is 1.40 bits per heavy atom. The zero-order valence-corrected chi connectivity index (χ0v) is 10.8. The molecule has 0 heterocycles. The average molecular weight is 211 g/mol. The molecular weight excluding hydrogens is 186 g/mol. The van der Waals surface area contributed by atoms with Gasteiger partial charge in [-0.15, -0.1) is 0 Å². The van der Waals surface area contributed by atoms with E-state index in [0.29, 0.717) is 16.9 Å².